The summed E-state index contributed by atoms with van der Waals surface area (Å²) in [7, 11) is 0. The van der Waals surface area contributed by atoms with Crippen molar-refractivity contribution in [3.63, 3.8) is 0 Å². The molecule has 1 amide bonds. The van der Waals surface area contributed by atoms with E-state index in [-0.39, 0.29) is 11.3 Å². The number of furan rings is 1. The Morgan fingerprint density at radius 2 is 1.94 bits per heavy atom. The summed E-state index contributed by atoms with van der Waals surface area (Å²) in [5.41, 5.74) is 1.46. The normalized spacial score (nSPS) is 15.4. The number of thiazole rings is 1. The van der Waals surface area contributed by atoms with Gasteiger partial charge in [-0.1, -0.05) is 36.4 Å². The summed E-state index contributed by atoms with van der Waals surface area (Å²) in [6, 6.07) is 17.1. The second-order valence-electron chi connectivity index (χ2n) is 7.87. The summed E-state index contributed by atoms with van der Waals surface area (Å²) in [4.78, 5) is 32.1. The number of aliphatic hydroxyl groups is 1. The molecule has 8 nitrogen and oxygen atoms in total. The van der Waals surface area contributed by atoms with Gasteiger partial charge < -0.3 is 19.0 Å². The molecule has 2 aromatic carbocycles. The Labute approximate surface area is 211 Å². The molecule has 0 saturated carbocycles. The molecule has 36 heavy (non-hydrogen) atoms. The standard InChI is InChI=1S/C27H22N2O6S/c1-2-33-21-15-18(10-11-19(21)35-16-17-7-4-3-5-8-17)23-22(24(30)20-9-6-13-34-20)25(31)26(32)29(23)27-28-12-14-36-27/h3-15,23,31H,2,16H2,1H3. The number of hydrogen-bond donors (Lipinski definition) is 1. The molecule has 1 N–H and O–H groups in total. The van der Waals surface area contributed by atoms with Gasteiger partial charge in [-0.15, -0.1) is 11.3 Å². The fraction of sp³-hybridized carbons (Fsp3) is 0.148. The number of benzene rings is 2. The molecule has 4 aromatic rings. The summed E-state index contributed by atoms with van der Waals surface area (Å²) in [6.45, 7) is 2.58. The van der Waals surface area contributed by atoms with E-state index < -0.39 is 23.5 Å². The molecule has 9 heteroatoms. The van der Waals surface area contributed by atoms with Gasteiger partial charge in [-0.2, -0.15) is 0 Å². The van der Waals surface area contributed by atoms with Crippen molar-refractivity contribution in [2.45, 2.75) is 19.6 Å². The first kappa shape index (κ1) is 23.4. The van der Waals surface area contributed by atoms with Gasteiger partial charge in [-0.3, -0.25) is 14.5 Å². The van der Waals surface area contributed by atoms with Gasteiger partial charge in [-0.25, -0.2) is 4.98 Å². The van der Waals surface area contributed by atoms with Gasteiger partial charge in [0.2, 0.25) is 5.78 Å². The third-order valence-electron chi connectivity index (χ3n) is 5.64. The minimum atomic E-state index is -0.941. The zero-order chi connectivity index (χ0) is 25.1. The minimum Gasteiger partial charge on any atom is -0.503 e. The molecule has 0 spiro atoms. The quantitative estimate of drug-likeness (QED) is 0.302. The van der Waals surface area contributed by atoms with E-state index in [1.165, 1.54) is 28.6 Å². The molecule has 0 aliphatic carbocycles. The Morgan fingerprint density at radius 3 is 2.64 bits per heavy atom. The van der Waals surface area contributed by atoms with Crippen LogP contribution in [0.15, 0.2) is 94.3 Å². The first-order valence-corrected chi connectivity index (χ1v) is 12.1. The van der Waals surface area contributed by atoms with Gasteiger partial charge in [0.25, 0.3) is 5.91 Å². The molecule has 1 aliphatic rings. The lowest BCUT2D eigenvalue weighted by atomic mass is 9.95. The van der Waals surface area contributed by atoms with Crippen molar-refractivity contribution in [2.24, 2.45) is 0 Å². The van der Waals surface area contributed by atoms with Crippen LogP contribution in [0.4, 0.5) is 5.13 Å². The lowest BCUT2D eigenvalue weighted by molar-refractivity contribution is -0.117. The van der Waals surface area contributed by atoms with Crippen LogP contribution in [0.1, 0.15) is 34.6 Å². The van der Waals surface area contributed by atoms with Crippen LogP contribution in [-0.2, 0) is 11.4 Å². The largest absolute Gasteiger partial charge is 0.503 e. The second kappa shape index (κ2) is 10.1. The van der Waals surface area contributed by atoms with Crippen molar-refractivity contribution in [1.82, 2.24) is 4.98 Å². The molecule has 0 radical (unpaired) electrons. The monoisotopic (exact) mass is 502 g/mol. The molecule has 182 valence electrons. The van der Waals surface area contributed by atoms with Crippen LogP contribution < -0.4 is 14.4 Å². The van der Waals surface area contributed by atoms with E-state index in [9.17, 15) is 14.7 Å². The van der Waals surface area contributed by atoms with Gasteiger partial charge in [0.05, 0.1) is 24.5 Å². The second-order valence-corrected chi connectivity index (χ2v) is 8.75. The Hall–Kier alpha value is -4.37. The molecular weight excluding hydrogens is 480 g/mol. The maximum Gasteiger partial charge on any atom is 0.296 e. The maximum atomic E-state index is 13.3. The Morgan fingerprint density at radius 1 is 1.11 bits per heavy atom. The molecule has 0 bridgehead atoms. The van der Waals surface area contributed by atoms with Gasteiger partial charge in [0.1, 0.15) is 6.61 Å². The van der Waals surface area contributed by atoms with Crippen molar-refractivity contribution in [3.05, 3.63) is 107 Å². The van der Waals surface area contributed by atoms with Crippen molar-refractivity contribution in [3.8, 4) is 11.5 Å². The summed E-state index contributed by atoms with van der Waals surface area (Å²) >= 11 is 1.22. The number of aromatic nitrogens is 1. The lowest BCUT2D eigenvalue weighted by Gasteiger charge is -2.25. The van der Waals surface area contributed by atoms with Crippen LogP contribution >= 0.6 is 11.3 Å². The van der Waals surface area contributed by atoms with E-state index in [4.69, 9.17) is 13.9 Å². The zero-order valence-electron chi connectivity index (χ0n) is 19.3. The highest BCUT2D eigenvalue weighted by Gasteiger charge is 2.46. The number of rotatable bonds is 9. The minimum absolute atomic E-state index is 0.0168. The average Bonchev–Trinajstić information content (AvgIpc) is 3.66. The molecule has 2 aromatic heterocycles. The number of hydrogen-bond acceptors (Lipinski definition) is 8. The smallest absolute Gasteiger partial charge is 0.296 e. The van der Waals surface area contributed by atoms with Crippen LogP contribution in [-0.4, -0.2) is 28.4 Å². The van der Waals surface area contributed by atoms with Crippen molar-refractivity contribution >= 4 is 28.2 Å². The number of Topliss-reactive ketones (excluding diaryl/α,β-unsaturated/α-hetero) is 1. The van der Waals surface area contributed by atoms with Crippen molar-refractivity contribution in [1.29, 1.82) is 0 Å². The van der Waals surface area contributed by atoms with Crippen molar-refractivity contribution < 1.29 is 28.6 Å². The number of ketones is 1. The first-order chi connectivity index (χ1) is 17.6. The summed E-state index contributed by atoms with van der Waals surface area (Å²) < 4.78 is 17.1. The summed E-state index contributed by atoms with van der Waals surface area (Å²) in [6.07, 6.45) is 2.92. The van der Waals surface area contributed by atoms with E-state index >= 15 is 0 Å². The van der Waals surface area contributed by atoms with Gasteiger partial charge in [0, 0.05) is 11.6 Å². The third kappa shape index (κ3) is 4.36. The number of amides is 1. The molecule has 0 fully saturated rings. The Balaban J connectivity index is 1.56. The highest BCUT2D eigenvalue weighted by molar-refractivity contribution is 7.13. The molecule has 1 aliphatic heterocycles. The average molecular weight is 503 g/mol. The van der Waals surface area contributed by atoms with Crippen LogP contribution in [0.2, 0.25) is 0 Å². The van der Waals surface area contributed by atoms with E-state index in [1.807, 2.05) is 37.3 Å². The van der Waals surface area contributed by atoms with E-state index in [0.717, 1.165) is 5.56 Å². The number of carbonyl (C=O) groups excluding carboxylic acids is 2. The number of anilines is 1. The molecular formula is C27H22N2O6S. The summed E-state index contributed by atoms with van der Waals surface area (Å²) in [5, 5.41) is 12.9. The fourth-order valence-corrected chi connectivity index (χ4v) is 4.71. The van der Waals surface area contributed by atoms with E-state index in [1.54, 1.807) is 35.8 Å². The molecule has 0 saturated heterocycles. The topological polar surface area (TPSA) is 102 Å². The fourth-order valence-electron chi connectivity index (χ4n) is 4.04. The highest BCUT2D eigenvalue weighted by atomic mass is 32.1. The predicted molar refractivity (Wildman–Crippen MR) is 133 cm³/mol. The lowest BCUT2D eigenvalue weighted by Crippen LogP contribution is -2.31. The Kier molecular flexibility index (Phi) is 6.55. The van der Waals surface area contributed by atoms with E-state index in [2.05, 4.69) is 4.98 Å². The molecule has 1 atom stereocenters. The van der Waals surface area contributed by atoms with Crippen LogP contribution in [0.5, 0.6) is 11.5 Å². The predicted octanol–water partition coefficient (Wildman–Crippen LogP) is 5.50. The van der Waals surface area contributed by atoms with Crippen molar-refractivity contribution in [2.75, 3.05) is 11.5 Å². The molecule has 1 unspecified atom stereocenters. The van der Waals surface area contributed by atoms with Gasteiger partial charge in [0.15, 0.2) is 28.1 Å². The zero-order valence-corrected chi connectivity index (χ0v) is 20.1. The van der Waals surface area contributed by atoms with Gasteiger partial charge in [-0.05, 0) is 42.3 Å². The van der Waals surface area contributed by atoms with Crippen LogP contribution in [0, 0.1) is 0 Å². The molecule has 5 rings (SSSR count). The SMILES string of the molecule is CCOc1cc(C2C(C(=O)c3ccco3)=C(O)C(=O)N2c2nccs2)ccc1OCc1ccccc1. The number of ether oxygens (including phenoxy) is 2. The number of nitrogens with zero attached hydrogens (tertiary/aromatic N) is 2. The van der Waals surface area contributed by atoms with Gasteiger partial charge >= 0.3 is 0 Å². The number of carbonyl (C=O) groups is 2. The first-order valence-electron chi connectivity index (χ1n) is 11.3. The van der Waals surface area contributed by atoms with E-state index in [0.29, 0.717) is 35.4 Å². The summed E-state index contributed by atoms with van der Waals surface area (Å²) in [5.74, 6) is -0.956. The Bertz CT molecular complexity index is 1400. The highest BCUT2D eigenvalue weighted by Crippen LogP contribution is 2.44. The third-order valence-corrected chi connectivity index (χ3v) is 6.41. The van der Waals surface area contributed by atoms with Crippen LogP contribution in [0.3, 0.4) is 0 Å². The molecule has 3 heterocycles. The number of aliphatic hydroxyl groups excluding tert-OH is 1. The maximum absolute atomic E-state index is 13.3. The van der Waals surface area contributed by atoms with Crippen LogP contribution in [0.25, 0.3) is 0 Å².